The van der Waals surface area contributed by atoms with Crippen LogP contribution in [0, 0.1) is 22.7 Å². The van der Waals surface area contributed by atoms with Gasteiger partial charge < -0.3 is 39.5 Å². The molecule has 18 heteroatoms. The fourth-order valence-electron chi connectivity index (χ4n) is 4.15. The lowest BCUT2D eigenvalue weighted by Crippen LogP contribution is -2.33. The third-order valence-corrected chi connectivity index (χ3v) is 9.82. The van der Waals surface area contributed by atoms with Crippen LogP contribution in [0.4, 0.5) is 5.69 Å². The lowest BCUT2D eigenvalue weighted by Gasteiger charge is -2.19. The highest BCUT2D eigenvalue weighted by atomic mass is 35.5. The average Bonchev–Trinajstić information content (AvgIpc) is 3.41. The number of fused-ring (bicyclic) bond motifs is 1. The number of nitrogens with zero attached hydrogens (tertiary/aromatic N) is 5. The standard InChI is InChI=1S/C22H23ClN6O9P2/c1-11(13-4-2-12(6-24)3-5-13)27-17-14(7-25)20(23)28-21-15(17)8-26-29(21)22-19(31)18(30)16(38-22)9-37-40(35,36)10-39(32,33)34/h2-5,8,11,16,18-19,22,30-31H,9-10H2,1H3,(H,27,28)(H,35,36)(H2,32,33,34)/t11-,16+,18+,19+,22+/m0/s1. The van der Waals surface area contributed by atoms with Crippen molar-refractivity contribution in [3.63, 3.8) is 0 Å². The van der Waals surface area contributed by atoms with Gasteiger partial charge >= 0.3 is 15.2 Å². The maximum Gasteiger partial charge on any atom is 0.340 e. The molecule has 0 amide bonds. The SMILES string of the molecule is C[C@H](Nc1c(C#N)c(Cl)nc2c1cnn2[C@@H]1O[C@H](COP(=O)(O)CP(=O)(O)O)[C@@H](O)[C@H]1O)c1ccc(C#N)cc1. The molecule has 1 fully saturated rings. The summed E-state index contributed by atoms with van der Waals surface area (Å²) in [6.07, 6.45) is -4.66. The van der Waals surface area contributed by atoms with Crippen LogP contribution in [-0.4, -0.2) is 70.5 Å². The minimum Gasteiger partial charge on any atom is -0.387 e. The number of aliphatic hydroxyl groups is 2. The summed E-state index contributed by atoms with van der Waals surface area (Å²) in [5, 5.41) is 47.5. The van der Waals surface area contributed by atoms with E-state index in [2.05, 4.69) is 15.4 Å². The second kappa shape index (κ2) is 11.5. The van der Waals surface area contributed by atoms with Gasteiger partial charge in [-0.3, -0.25) is 9.13 Å². The van der Waals surface area contributed by atoms with Crippen LogP contribution in [0.3, 0.4) is 0 Å². The number of halogens is 1. The van der Waals surface area contributed by atoms with Crippen molar-refractivity contribution in [3.05, 3.63) is 52.3 Å². The van der Waals surface area contributed by atoms with Crippen molar-refractivity contribution in [2.24, 2.45) is 0 Å². The number of benzene rings is 1. The van der Waals surface area contributed by atoms with E-state index in [9.17, 15) is 29.5 Å². The summed E-state index contributed by atoms with van der Waals surface area (Å²) in [4.78, 5) is 31.8. The Balaban J connectivity index is 1.62. The molecule has 6 N–H and O–H groups in total. The van der Waals surface area contributed by atoms with E-state index in [0.29, 0.717) is 10.9 Å². The Morgan fingerprint density at radius 3 is 2.45 bits per heavy atom. The van der Waals surface area contributed by atoms with Crippen molar-refractivity contribution in [3.8, 4) is 12.1 Å². The molecular weight excluding hydrogens is 590 g/mol. The van der Waals surface area contributed by atoms with Gasteiger partial charge in [0.1, 0.15) is 29.9 Å². The van der Waals surface area contributed by atoms with Gasteiger partial charge in [0, 0.05) is 6.04 Å². The Kier molecular flexibility index (Phi) is 8.66. The molecule has 3 heterocycles. The van der Waals surface area contributed by atoms with E-state index in [4.69, 9.17) is 35.9 Å². The number of hydrogen-bond acceptors (Lipinski definition) is 11. The lowest BCUT2D eigenvalue weighted by atomic mass is 10.1. The molecule has 1 aliphatic heterocycles. The first-order valence-corrected chi connectivity index (χ1v) is 15.4. The van der Waals surface area contributed by atoms with E-state index in [-0.39, 0.29) is 28.1 Å². The first-order valence-electron chi connectivity index (χ1n) is 11.5. The molecule has 0 bridgehead atoms. The molecule has 0 aliphatic carbocycles. The molecule has 40 heavy (non-hydrogen) atoms. The zero-order chi connectivity index (χ0) is 29.4. The number of anilines is 1. The number of nitriles is 2. The Labute approximate surface area is 231 Å². The highest BCUT2D eigenvalue weighted by molar-refractivity contribution is 7.70. The fourth-order valence-corrected chi connectivity index (χ4v) is 6.93. The minimum atomic E-state index is -4.87. The Morgan fingerprint density at radius 2 is 1.85 bits per heavy atom. The smallest absolute Gasteiger partial charge is 0.340 e. The largest absolute Gasteiger partial charge is 0.387 e. The molecule has 0 spiro atoms. The monoisotopic (exact) mass is 612 g/mol. The van der Waals surface area contributed by atoms with Gasteiger partial charge in [0.05, 0.1) is 35.5 Å². The maximum absolute atomic E-state index is 12.0. The van der Waals surface area contributed by atoms with Gasteiger partial charge in [-0.2, -0.15) is 15.6 Å². The van der Waals surface area contributed by atoms with Crippen LogP contribution >= 0.6 is 26.8 Å². The summed E-state index contributed by atoms with van der Waals surface area (Å²) >= 11 is 6.31. The normalized spacial score (nSPS) is 23.3. The van der Waals surface area contributed by atoms with Crippen LogP contribution in [0.5, 0.6) is 0 Å². The molecule has 212 valence electrons. The topological polar surface area (TPSA) is 244 Å². The summed E-state index contributed by atoms with van der Waals surface area (Å²) in [6, 6.07) is 10.5. The minimum absolute atomic E-state index is 0.0252. The molecule has 1 aromatic carbocycles. The van der Waals surface area contributed by atoms with E-state index >= 15 is 0 Å². The zero-order valence-electron chi connectivity index (χ0n) is 20.6. The van der Waals surface area contributed by atoms with Crippen LogP contribution in [0.25, 0.3) is 11.0 Å². The number of ether oxygens (including phenoxy) is 1. The molecule has 6 atom stereocenters. The van der Waals surface area contributed by atoms with Crippen molar-refractivity contribution in [2.45, 2.75) is 37.5 Å². The predicted molar refractivity (Wildman–Crippen MR) is 139 cm³/mol. The van der Waals surface area contributed by atoms with Gasteiger partial charge in [-0.1, -0.05) is 23.7 Å². The fraction of sp³-hybridized carbons (Fsp3) is 0.364. The summed E-state index contributed by atoms with van der Waals surface area (Å²) in [5.74, 6) is -1.43. The predicted octanol–water partition coefficient (Wildman–Crippen LogP) is 1.96. The summed E-state index contributed by atoms with van der Waals surface area (Å²) in [5.41, 5.74) is 1.67. The van der Waals surface area contributed by atoms with Crippen molar-refractivity contribution < 1.29 is 43.3 Å². The maximum atomic E-state index is 12.0. The molecule has 0 radical (unpaired) electrons. The van der Waals surface area contributed by atoms with Crippen LogP contribution in [0.15, 0.2) is 30.5 Å². The summed E-state index contributed by atoms with van der Waals surface area (Å²) < 4.78 is 34.5. The molecule has 1 unspecified atom stereocenters. The van der Waals surface area contributed by atoms with Crippen molar-refractivity contribution >= 4 is 43.5 Å². The van der Waals surface area contributed by atoms with E-state index in [1.165, 1.54) is 6.20 Å². The van der Waals surface area contributed by atoms with Crippen LogP contribution in [-0.2, 0) is 18.4 Å². The highest BCUT2D eigenvalue weighted by Gasteiger charge is 2.46. The molecule has 0 saturated carbocycles. The van der Waals surface area contributed by atoms with Gasteiger partial charge in [-0.25, -0.2) is 9.67 Å². The number of rotatable bonds is 9. The quantitative estimate of drug-likeness (QED) is 0.149. The molecular formula is C22H23ClN6O9P2. The second-order valence-electron chi connectivity index (χ2n) is 8.98. The highest BCUT2D eigenvalue weighted by Crippen LogP contribution is 2.55. The van der Waals surface area contributed by atoms with Crippen LogP contribution in [0.1, 0.15) is 35.9 Å². The lowest BCUT2D eigenvalue weighted by molar-refractivity contribution is -0.0541. The molecule has 15 nitrogen and oxygen atoms in total. The number of aromatic nitrogens is 3. The van der Waals surface area contributed by atoms with Crippen molar-refractivity contribution in [1.29, 1.82) is 10.5 Å². The van der Waals surface area contributed by atoms with E-state index < -0.39 is 52.2 Å². The third-order valence-electron chi connectivity index (χ3n) is 6.09. The number of nitrogens with one attached hydrogen (secondary N) is 1. The van der Waals surface area contributed by atoms with Crippen molar-refractivity contribution in [2.75, 3.05) is 17.8 Å². The van der Waals surface area contributed by atoms with E-state index in [1.807, 2.05) is 19.1 Å². The third kappa shape index (κ3) is 6.36. The summed E-state index contributed by atoms with van der Waals surface area (Å²) in [7, 11) is -9.61. The number of hydrogen-bond donors (Lipinski definition) is 6. The Bertz CT molecular complexity index is 1600. The molecule has 4 rings (SSSR count). The van der Waals surface area contributed by atoms with Gasteiger partial charge in [-0.15, -0.1) is 0 Å². The zero-order valence-corrected chi connectivity index (χ0v) is 23.1. The van der Waals surface area contributed by atoms with Gasteiger partial charge in [-0.05, 0) is 24.6 Å². The first kappa shape index (κ1) is 30.1. The van der Waals surface area contributed by atoms with Gasteiger partial charge in [0.2, 0.25) is 0 Å². The molecule has 2 aromatic heterocycles. The molecule has 1 saturated heterocycles. The number of pyridine rings is 1. The van der Waals surface area contributed by atoms with Crippen LogP contribution in [0.2, 0.25) is 5.15 Å². The van der Waals surface area contributed by atoms with Gasteiger partial charge in [0.25, 0.3) is 0 Å². The Hall–Kier alpha value is -2.91. The number of aliphatic hydroxyl groups excluding tert-OH is 2. The van der Waals surface area contributed by atoms with Gasteiger partial charge in [0.15, 0.2) is 22.9 Å². The average molecular weight is 613 g/mol. The van der Waals surface area contributed by atoms with E-state index in [1.54, 1.807) is 24.3 Å². The van der Waals surface area contributed by atoms with E-state index in [0.717, 1.165) is 10.2 Å². The Morgan fingerprint density at radius 1 is 1.18 bits per heavy atom. The summed E-state index contributed by atoms with van der Waals surface area (Å²) in [6.45, 7) is 1.05. The molecule has 1 aliphatic rings. The van der Waals surface area contributed by atoms with Crippen molar-refractivity contribution in [1.82, 2.24) is 14.8 Å². The molecule has 3 aromatic rings. The first-order chi connectivity index (χ1) is 18.7. The second-order valence-corrected chi connectivity index (χ2v) is 13.3. The van der Waals surface area contributed by atoms with Crippen LogP contribution < -0.4 is 5.32 Å².